The maximum Gasteiger partial charge on any atom is 0.344 e. The fourth-order valence-corrected chi connectivity index (χ4v) is 4.58. The molecule has 186 valence electrons. The number of carboxylic acid groups (broad SMARTS) is 1. The molecule has 0 radical (unpaired) electrons. The van der Waals surface area contributed by atoms with Gasteiger partial charge in [-0.1, -0.05) is 38.3 Å². The van der Waals surface area contributed by atoms with Crippen LogP contribution in [0.3, 0.4) is 0 Å². The van der Waals surface area contributed by atoms with Gasteiger partial charge in [0.25, 0.3) is 0 Å². The fourth-order valence-electron chi connectivity index (χ4n) is 3.86. The van der Waals surface area contributed by atoms with Crippen molar-refractivity contribution in [3.8, 4) is 5.88 Å². The third-order valence-corrected chi connectivity index (χ3v) is 6.51. The molecule has 0 unspecified atom stereocenters. The Balaban J connectivity index is 1.50. The van der Waals surface area contributed by atoms with Crippen LogP contribution in [0.15, 0.2) is 12.1 Å². The highest BCUT2D eigenvalue weighted by molar-refractivity contribution is 7.11. The van der Waals surface area contributed by atoms with Gasteiger partial charge >= 0.3 is 12.0 Å². The average molecular weight is 497 g/mol. The number of aromatic nitrogens is 1. The van der Waals surface area contributed by atoms with Crippen molar-refractivity contribution in [2.24, 2.45) is 0 Å². The Morgan fingerprint density at radius 3 is 2.56 bits per heavy atom. The number of benzene rings is 1. The first-order valence-corrected chi connectivity index (χ1v) is 12.3. The number of urea groups is 1. The smallest absolute Gasteiger partial charge is 0.344 e. The number of carbonyl (C=O) groups excluding carboxylic acids is 1. The number of anilines is 1. The number of carboxylic acids is 1. The summed E-state index contributed by atoms with van der Waals surface area (Å²) in [7, 11) is 0. The van der Waals surface area contributed by atoms with Crippen LogP contribution in [-0.2, 0) is 13.0 Å². The molecule has 0 bridgehead atoms. The van der Waals surface area contributed by atoms with E-state index in [1.165, 1.54) is 44.2 Å². The Labute approximate surface area is 201 Å². The third-order valence-electron chi connectivity index (χ3n) is 5.77. The Hall–Kier alpha value is -2.79. The molecular formula is C23H30F2N4O4S. The minimum absolute atomic E-state index is 0.00619. The van der Waals surface area contributed by atoms with Gasteiger partial charge in [0.1, 0.15) is 11.6 Å². The van der Waals surface area contributed by atoms with E-state index >= 15 is 0 Å². The average Bonchev–Trinajstić information content (AvgIpc) is 3.23. The third kappa shape index (κ3) is 6.86. The van der Waals surface area contributed by atoms with Crippen molar-refractivity contribution in [1.29, 1.82) is 0 Å². The van der Waals surface area contributed by atoms with Crippen LogP contribution in [0, 0.1) is 11.6 Å². The molecule has 0 spiro atoms. The molecule has 1 heterocycles. The Morgan fingerprint density at radius 2 is 1.85 bits per heavy atom. The van der Waals surface area contributed by atoms with Gasteiger partial charge in [-0.15, -0.1) is 0 Å². The lowest BCUT2D eigenvalue weighted by atomic mass is 9.95. The molecule has 1 aromatic heterocycles. The predicted octanol–water partition coefficient (Wildman–Crippen LogP) is 4.69. The van der Waals surface area contributed by atoms with E-state index in [0.29, 0.717) is 19.0 Å². The van der Waals surface area contributed by atoms with Crippen LogP contribution in [0.1, 0.15) is 66.9 Å². The molecule has 8 nitrogen and oxygen atoms in total. The number of nitrogens with zero attached hydrogens (tertiary/aromatic N) is 1. The van der Waals surface area contributed by atoms with Gasteiger partial charge in [-0.2, -0.15) is 4.37 Å². The molecule has 0 aliphatic heterocycles. The number of hydrogen-bond acceptors (Lipinski definition) is 6. The van der Waals surface area contributed by atoms with Gasteiger partial charge in [-0.25, -0.2) is 18.4 Å². The molecule has 11 heteroatoms. The molecule has 34 heavy (non-hydrogen) atoms. The highest BCUT2D eigenvalue weighted by atomic mass is 32.1. The molecule has 2 amide bonds. The summed E-state index contributed by atoms with van der Waals surface area (Å²) < 4.78 is 37.5. The predicted molar refractivity (Wildman–Crippen MR) is 126 cm³/mol. The maximum atomic E-state index is 14.2. The normalized spacial score (nSPS) is 14.1. The van der Waals surface area contributed by atoms with Crippen molar-refractivity contribution in [3.05, 3.63) is 40.5 Å². The van der Waals surface area contributed by atoms with Crippen LogP contribution in [0.2, 0.25) is 0 Å². The summed E-state index contributed by atoms with van der Waals surface area (Å²) >= 11 is 0.736. The molecule has 1 aliphatic carbocycles. The standard InChI is InChI=1S/C23H30F2N4O4S/c1-2-14-9-10-15(19(25)18(14)24)13-33-20-17(22(30)31)21(34-29-20)28-23(32)27-12-6-11-26-16-7-4-3-5-8-16/h9-10,16,26H,2-8,11-13H2,1H3,(H,30,31)(H2,27,28,32). The summed E-state index contributed by atoms with van der Waals surface area (Å²) in [4.78, 5) is 23.9. The van der Waals surface area contributed by atoms with E-state index in [9.17, 15) is 23.5 Å². The molecule has 4 N–H and O–H groups in total. The number of rotatable bonds is 11. The second-order valence-electron chi connectivity index (χ2n) is 8.17. The van der Waals surface area contributed by atoms with Crippen LogP contribution in [0.5, 0.6) is 5.88 Å². The number of hydrogen-bond donors (Lipinski definition) is 4. The number of halogens is 2. The zero-order chi connectivity index (χ0) is 24.5. The van der Waals surface area contributed by atoms with E-state index in [-0.39, 0.29) is 27.6 Å². The molecule has 3 rings (SSSR count). The van der Waals surface area contributed by atoms with Gasteiger partial charge in [0.2, 0.25) is 5.88 Å². The molecule has 1 aliphatic rings. The van der Waals surface area contributed by atoms with E-state index < -0.39 is 30.2 Å². The lowest BCUT2D eigenvalue weighted by molar-refractivity contribution is 0.0693. The summed E-state index contributed by atoms with van der Waals surface area (Å²) in [5.74, 6) is -3.62. The molecular weight excluding hydrogens is 466 g/mol. The topological polar surface area (TPSA) is 113 Å². The first kappa shape index (κ1) is 25.8. The van der Waals surface area contributed by atoms with Gasteiger partial charge in [-0.05, 0) is 49.3 Å². The number of carbonyl (C=O) groups is 2. The minimum Gasteiger partial charge on any atom is -0.477 e. The molecule has 1 aromatic carbocycles. The highest BCUT2D eigenvalue weighted by Crippen LogP contribution is 2.31. The molecule has 0 saturated heterocycles. The Morgan fingerprint density at radius 1 is 1.15 bits per heavy atom. The molecule has 0 atom stereocenters. The maximum absolute atomic E-state index is 14.2. The van der Waals surface area contributed by atoms with Gasteiger partial charge in [-0.3, -0.25) is 5.32 Å². The minimum atomic E-state index is -1.36. The van der Waals surface area contributed by atoms with Gasteiger partial charge in [0.05, 0.1) is 0 Å². The Kier molecular flexibility index (Phi) is 9.58. The van der Waals surface area contributed by atoms with Gasteiger partial charge < -0.3 is 20.5 Å². The quantitative estimate of drug-likeness (QED) is 0.336. The first-order chi connectivity index (χ1) is 16.4. The second-order valence-corrected chi connectivity index (χ2v) is 8.95. The van der Waals surface area contributed by atoms with Crippen molar-refractivity contribution in [3.63, 3.8) is 0 Å². The summed E-state index contributed by atoms with van der Waals surface area (Å²) in [6.45, 7) is 2.52. The van der Waals surface area contributed by atoms with Crippen molar-refractivity contribution in [2.75, 3.05) is 18.4 Å². The van der Waals surface area contributed by atoms with E-state index in [1.807, 2.05) is 0 Å². The number of nitrogens with one attached hydrogen (secondary N) is 3. The summed E-state index contributed by atoms with van der Waals surface area (Å²) in [5, 5.41) is 18.2. The van der Waals surface area contributed by atoms with E-state index in [1.54, 1.807) is 6.92 Å². The SMILES string of the molecule is CCc1ccc(COc2nsc(NC(=O)NCCCNC3CCCCC3)c2C(=O)O)c(F)c1F. The summed E-state index contributed by atoms with van der Waals surface area (Å²) in [5.41, 5.74) is -0.165. The Bertz CT molecular complexity index is 996. The number of amides is 2. The zero-order valence-electron chi connectivity index (χ0n) is 19.1. The van der Waals surface area contributed by atoms with E-state index in [4.69, 9.17) is 4.74 Å². The van der Waals surface area contributed by atoms with Crippen LogP contribution >= 0.6 is 11.5 Å². The first-order valence-electron chi connectivity index (χ1n) is 11.5. The van der Waals surface area contributed by atoms with Crippen LogP contribution in [0.4, 0.5) is 18.6 Å². The summed E-state index contributed by atoms with van der Waals surface area (Å²) in [6, 6.07) is 2.84. The van der Waals surface area contributed by atoms with Gasteiger partial charge in [0.15, 0.2) is 17.2 Å². The highest BCUT2D eigenvalue weighted by Gasteiger charge is 2.24. The van der Waals surface area contributed by atoms with E-state index in [2.05, 4.69) is 20.3 Å². The fraction of sp³-hybridized carbons (Fsp3) is 0.522. The zero-order valence-corrected chi connectivity index (χ0v) is 19.9. The van der Waals surface area contributed by atoms with Gasteiger partial charge in [0, 0.05) is 18.2 Å². The van der Waals surface area contributed by atoms with Crippen molar-refractivity contribution >= 4 is 28.5 Å². The number of ether oxygens (including phenoxy) is 1. The molecule has 2 aromatic rings. The van der Waals surface area contributed by atoms with Crippen LogP contribution in [0.25, 0.3) is 0 Å². The lowest BCUT2D eigenvalue weighted by Crippen LogP contribution is -2.35. The lowest BCUT2D eigenvalue weighted by Gasteiger charge is -2.22. The molecule has 1 fully saturated rings. The van der Waals surface area contributed by atoms with Crippen LogP contribution < -0.4 is 20.7 Å². The largest absolute Gasteiger partial charge is 0.477 e. The number of aryl methyl sites for hydroxylation is 1. The second kappa shape index (κ2) is 12.6. The van der Waals surface area contributed by atoms with Crippen molar-refractivity contribution in [2.45, 2.75) is 64.5 Å². The number of aromatic carboxylic acids is 1. The monoisotopic (exact) mass is 496 g/mol. The van der Waals surface area contributed by atoms with E-state index in [0.717, 1.165) is 24.5 Å². The molecule has 1 saturated carbocycles. The van der Waals surface area contributed by atoms with Crippen molar-refractivity contribution in [1.82, 2.24) is 15.0 Å². The summed E-state index contributed by atoms with van der Waals surface area (Å²) in [6.07, 6.45) is 7.26. The van der Waals surface area contributed by atoms with Crippen molar-refractivity contribution < 1.29 is 28.2 Å². The van der Waals surface area contributed by atoms with Crippen LogP contribution in [-0.4, -0.2) is 40.6 Å².